The maximum absolute atomic E-state index is 12.2. The summed E-state index contributed by atoms with van der Waals surface area (Å²) >= 11 is 0. The molecule has 0 amide bonds. The number of rotatable bonds is 56. The van der Waals surface area contributed by atoms with Gasteiger partial charge in [0.2, 0.25) is 0 Å². The van der Waals surface area contributed by atoms with Crippen LogP contribution in [0.5, 0.6) is 0 Å². The second kappa shape index (κ2) is 63.6. The van der Waals surface area contributed by atoms with Crippen molar-refractivity contribution in [3.05, 3.63) is 122 Å². The van der Waals surface area contributed by atoms with Gasteiger partial charge < -0.3 is 14.6 Å². The molecule has 0 saturated carbocycles. The molecule has 422 valence electrons. The molecule has 5 heteroatoms. The fourth-order valence-corrected chi connectivity index (χ4v) is 8.69. The standard InChI is InChI=1S/C69H116O5/c1-3-5-7-9-11-13-15-17-19-21-23-24-25-26-27-28-29-30-31-32-33-34-35-36-37-38-39-40-41-42-43-44-46-47-49-51-53-55-57-59-61-63-68(71)73-66-67(65-70)74-69(72)64-62-60-58-56-54-52-50-48-45-22-20-18-16-14-12-10-8-6-4-2/h5-8,11-14,17-20,23-24,45,48,52,54,58,60,67,70H,3-4,9-10,15-16,21-22,25-44,46-47,49-51,53,55-57,59,61-66H2,1-2H3/b7-5-,8-6-,13-11-,14-12-,19-17-,20-18-,24-23-,48-45-,54-52-,60-58-. The Hall–Kier alpha value is -3.70. The summed E-state index contributed by atoms with van der Waals surface area (Å²) in [5.74, 6) is -0.685. The number of hydrogen-bond donors (Lipinski definition) is 1. The highest BCUT2D eigenvalue weighted by Crippen LogP contribution is 2.17. The van der Waals surface area contributed by atoms with E-state index in [2.05, 4.69) is 123 Å². The third-order valence-electron chi connectivity index (χ3n) is 13.3. The summed E-state index contributed by atoms with van der Waals surface area (Å²) in [5.41, 5.74) is 0. The van der Waals surface area contributed by atoms with Gasteiger partial charge >= 0.3 is 11.9 Å². The van der Waals surface area contributed by atoms with Crippen LogP contribution in [-0.2, 0) is 19.1 Å². The number of carbonyl (C=O) groups excluding carboxylic acids is 2. The Morgan fingerprint density at radius 2 is 0.568 bits per heavy atom. The zero-order valence-corrected chi connectivity index (χ0v) is 48.3. The number of esters is 2. The van der Waals surface area contributed by atoms with Gasteiger partial charge in [0, 0.05) is 12.8 Å². The highest BCUT2D eigenvalue weighted by molar-refractivity contribution is 5.70. The van der Waals surface area contributed by atoms with E-state index in [4.69, 9.17) is 9.47 Å². The van der Waals surface area contributed by atoms with Crippen LogP contribution >= 0.6 is 0 Å². The van der Waals surface area contributed by atoms with E-state index in [1.54, 1.807) is 0 Å². The normalized spacial score (nSPS) is 13.1. The van der Waals surface area contributed by atoms with Crippen LogP contribution in [0.3, 0.4) is 0 Å². The number of allylic oxidation sites excluding steroid dienone is 20. The predicted molar refractivity (Wildman–Crippen MR) is 325 cm³/mol. The summed E-state index contributed by atoms with van der Waals surface area (Å²) < 4.78 is 10.6. The molecule has 0 spiro atoms. The Balaban J connectivity index is 3.45. The zero-order valence-electron chi connectivity index (χ0n) is 48.3. The van der Waals surface area contributed by atoms with E-state index in [-0.39, 0.29) is 25.6 Å². The smallest absolute Gasteiger partial charge is 0.306 e. The maximum atomic E-state index is 12.2. The van der Waals surface area contributed by atoms with Gasteiger partial charge in [0.25, 0.3) is 0 Å². The van der Waals surface area contributed by atoms with Crippen molar-refractivity contribution < 1.29 is 24.2 Å². The van der Waals surface area contributed by atoms with Gasteiger partial charge in [0.15, 0.2) is 6.10 Å². The van der Waals surface area contributed by atoms with Crippen molar-refractivity contribution >= 4 is 11.9 Å². The molecular formula is C69H116O5. The van der Waals surface area contributed by atoms with E-state index in [0.717, 1.165) is 83.5 Å². The fourth-order valence-electron chi connectivity index (χ4n) is 8.69. The first-order valence-electron chi connectivity index (χ1n) is 31.1. The van der Waals surface area contributed by atoms with Gasteiger partial charge in [0.1, 0.15) is 6.61 Å². The molecule has 1 atom stereocenters. The summed E-state index contributed by atoms with van der Waals surface area (Å²) in [4.78, 5) is 24.5. The highest BCUT2D eigenvalue weighted by atomic mass is 16.6. The molecule has 0 aromatic heterocycles. The van der Waals surface area contributed by atoms with Gasteiger partial charge in [-0.25, -0.2) is 0 Å². The topological polar surface area (TPSA) is 72.8 Å². The van der Waals surface area contributed by atoms with E-state index >= 15 is 0 Å². The van der Waals surface area contributed by atoms with Crippen LogP contribution in [0.2, 0.25) is 0 Å². The molecule has 0 rings (SSSR count). The maximum Gasteiger partial charge on any atom is 0.306 e. The third kappa shape index (κ3) is 60.9. The fraction of sp³-hybridized carbons (Fsp3) is 0.681. The first-order chi connectivity index (χ1) is 36.6. The minimum Gasteiger partial charge on any atom is -0.462 e. The summed E-state index contributed by atoms with van der Waals surface area (Å²) in [7, 11) is 0. The average molecular weight is 1030 g/mol. The molecule has 5 nitrogen and oxygen atoms in total. The summed E-state index contributed by atoms with van der Waals surface area (Å²) in [6.07, 6.45) is 93.7. The molecule has 0 aromatic rings. The SMILES string of the molecule is CC/C=C\C/C=C\C/C=C\C/C=C\C/C=C\C/C=C\CCC(=O)OC(CO)COC(=O)CCCCCCCCCCCCCCCCCCCCCCCCCCCCCC/C=C\C/C=C\C/C=C\C/C=C\CC. The van der Waals surface area contributed by atoms with Crippen LogP contribution in [0.1, 0.15) is 284 Å². The van der Waals surface area contributed by atoms with Gasteiger partial charge in [-0.1, -0.05) is 302 Å². The number of carbonyl (C=O) groups is 2. The van der Waals surface area contributed by atoms with Gasteiger partial charge in [-0.3, -0.25) is 9.59 Å². The Morgan fingerprint density at radius 3 is 0.865 bits per heavy atom. The molecule has 0 bridgehead atoms. The minimum atomic E-state index is -0.818. The van der Waals surface area contributed by atoms with Crippen molar-refractivity contribution in [3.63, 3.8) is 0 Å². The lowest BCUT2D eigenvalue weighted by Crippen LogP contribution is -2.28. The Kier molecular flexibility index (Phi) is 60.4. The second-order valence-electron chi connectivity index (χ2n) is 20.4. The van der Waals surface area contributed by atoms with Crippen molar-refractivity contribution in [3.8, 4) is 0 Å². The van der Waals surface area contributed by atoms with Crippen LogP contribution in [0.15, 0.2) is 122 Å². The number of aliphatic hydroxyl groups is 1. The van der Waals surface area contributed by atoms with E-state index in [9.17, 15) is 14.7 Å². The molecule has 74 heavy (non-hydrogen) atoms. The zero-order chi connectivity index (χ0) is 53.4. The number of aliphatic hydroxyl groups excluding tert-OH is 1. The molecule has 0 aliphatic heterocycles. The molecule has 0 aliphatic rings. The lowest BCUT2D eigenvalue weighted by molar-refractivity contribution is -0.161. The molecule has 0 aliphatic carbocycles. The molecule has 0 heterocycles. The summed E-state index contributed by atoms with van der Waals surface area (Å²) in [6.45, 7) is 3.86. The second-order valence-corrected chi connectivity index (χ2v) is 20.4. The van der Waals surface area contributed by atoms with E-state index in [0.29, 0.717) is 12.8 Å². The Morgan fingerprint density at radius 1 is 0.311 bits per heavy atom. The molecular weight excluding hydrogens is 909 g/mol. The highest BCUT2D eigenvalue weighted by Gasteiger charge is 2.16. The first-order valence-corrected chi connectivity index (χ1v) is 31.1. The van der Waals surface area contributed by atoms with Crippen LogP contribution in [0, 0.1) is 0 Å². The van der Waals surface area contributed by atoms with Crippen LogP contribution < -0.4 is 0 Å². The molecule has 1 unspecified atom stereocenters. The van der Waals surface area contributed by atoms with Crippen LogP contribution in [0.25, 0.3) is 0 Å². The third-order valence-corrected chi connectivity index (χ3v) is 13.3. The van der Waals surface area contributed by atoms with E-state index in [1.807, 2.05) is 12.2 Å². The van der Waals surface area contributed by atoms with Gasteiger partial charge in [-0.05, 0) is 89.9 Å². The number of ether oxygens (including phenoxy) is 2. The quantitative estimate of drug-likeness (QED) is 0.0373. The van der Waals surface area contributed by atoms with Crippen LogP contribution in [0.4, 0.5) is 0 Å². The Bertz CT molecular complexity index is 1490. The van der Waals surface area contributed by atoms with Crippen LogP contribution in [-0.4, -0.2) is 36.4 Å². The minimum absolute atomic E-state index is 0.0992. The summed E-state index contributed by atoms with van der Waals surface area (Å²) in [5, 5.41) is 9.64. The van der Waals surface area contributed by atoms with Gasteiger partial charge in [0.05, 0.1) is 6.61 Å². The van der Waals surface area contributed by atoms with Gasteiger partial charge in [-0.2, -0.15) is 0 Å². The number of unbranched alkanes of at least 4 members (excludes halogenated alkanes) is 28. The molecule has 0 fully saturated rings. The van der Waals surface area contributed by atoms with E-state index in [1.165, 1.54) is 167 Å². The van der Waals surface area contributed by atoms with Crippen molar-refractivity contribution in [2.45, 2.75) is 290 Å². The number of hydrogen-bond acceptors (Lipinski definition) is 5. The van der Waals surface area contributed by atoms with Crippen molar-refractivity contribution in [2.24, 2.45) is 0 Å². The lowest BCUT2D eigenvalue weighted by atomic mass is 10.0. The largest absolute Gasteiger partial charge is 0.462 e. The van der Waals surface area contributed by atoms with Crippen molar-refractivity contribution in [2.75, 3.05) is 13.2 Å². The van der Waals surface area contributed by atoms with E-state index < -0.39 is 12.1 Å². The van der Waals surface area contributed by atoms with Gasteiger partial charge in [-0.15, -0.1) is 0 Å². The lowest BCUT2D eigenvalue weighted by Gasteiger charge is -2.15. The first kappa shape index (κ1) is 70.3. The van der Waals surface area contributed by atoms with Crippen molar-refractivity contribution in [1.82, 2.24) is 0 Å². The molecule has 0 radical (unpaired) electrons. The van der Waals surface area contributed by atoms with Crippen molar-refractivity contribution in [1.29, 1.82) is 0 Å². The monoisotopic (exact) mass is 1020 g/mol. The molecule has 0 aromatic carbocycles. The Labute approximate surface area is 458 Å². The molecule has 0 saturated heterocycles. The predicted octanol–water partition coefficient (Wildman–Crippen LogP) is 21.4. The average Bonchev–Trinajstić information content (AvgIpc) is 3.40. The summed E-state index contributed by atoms with van der Waals surface area (Å²) in [6, 6.07) is 0. The molecule has 1 N–H and O–H groups in total.